The molecule has 0 bridgehead atoms. The lowest BCUT2D eigenvalue weighted by molar-refractivity contribution is 0.193. The van der Waals surface area contributed by atoms with Gasteiger partial charge >= 0.3 is 0 Å². The number of rotatable bonds is 5. The molecule has 1 saturated carbocycles. The van der Waals surface area contributed by atoms with Crippen molar-refractivity contribution >= 4 is 0 Å². The third-order valence-corrected chi connectivity index (χ3v) is 3.07. The third kappa shape index (κ3) is 4.13. The maximum atomic E-state index is 5.16. The molecule has 0 radical (unpaired) electrons. The van der Waals surface area contributed by atoms with Crippen LogP contribution >= 0.6 is 0 Å². The van der Waals surface area contributed by atoms with Gasteiger partial charge < -0.3 is 10.2 Å². The SMILES string of the molecule is C#CCNCCN(C)C1CCCCC1. The monoisotopic (exact) mass is 194 g/mol. The summed E-state index contributed by atoms with van der Waals surface area (Å²) in [7, 11) is 2.23. The first-order valence-electron chi connectivity index (χ1n) is 5.69. The van der Waals surface area contributed by atoms with Crippen molar-refractivity contribution < 1.29 is 0 Å². The van der Waals surface area contributed by atoms with Crippen LogP contribution in [0.4, 0.5) is 0 Å². The molecule has 14 heavy (non-hydrogen) atoms. The first kappa shape index (κ1) is 11.6. The Morgan fingerprint density at radius 1 is 1.36 bits per heavy atom. The maximum absolute atomic E-state index is 5.16. The van der Waals surface area contributed by atoms with E-state index in [0.29, 0.717) is 6.54 Å². The Labute approximate surface area is 88.1 Å². The molecule has 0 heterocycles. The van der Waals surface area contributed by atoms with Crippen LogP contribution in [0, 0.1) is 12.3 Å². The Morgan fingerprint density at radius 2 is 2.07 bits per heavy atom. The van der Waals surface area contributed by atoms with Crippen LogP contribution in [0.1, 0.15) is 32.1 Å². The van der Waals surface area contributed by atoms with Crippen molar-refractivity contribution in [1.29, 1.82) is 0 Å². The van der Waals surface area contributed by atoms with E-state index in [1.165, 1.54) is 32.1 Å². The molecule has 0 aromatic rings. The summed E-state index contributed by atoms with van der Waals surface area (Å²) in [5.74, 6) is 2.59. The molecule has 0 saturated heterocycles. The van der Waals surface area contributed by atoms with Crippen molar-refractivity contribution in [3.8, 4) is 12.3 Å². The third-order valence-electron chi connectivity index (χ3n) is 3.07. The Balaban J connectivity index is 2.07. The van der Waals surface area contributed by atoms with Gasteiger partial charge in [0, 0.05) is 19.1 Å². The van der Waals surface area contributed by atoms with E-state index in [0.717, 1.165) is 19.1 Å². The zero-order valence-corrected chi connectivity index (χ0v) is 9.26. The van der Waals surface area contributed by atoms with E-state index in [-0.39, 0.29) is 0 Å². The average Bonchev–Trinajstić information content (AvgIpc) is 2.25. The predicted octanol–water partition coefficient (Wildman–Crippen LogP) is 1.47. The largest absolute Gasteiger partial charge is 0.305 e. The van der Waals surface area contributed by atoms with Crippen molar-refractivity contribution in [2.75, 3.05) is 26.7 Å². The lowest BCUT2D eigenvalue weighted by Crippen LogP contribution is -2.38. The fraction of sp³-hybridized carbons (Fsp3) is 0.833. The molecule has 0 aliphatic heterocycles. The summed E-state index contributed by atoms with van der Waals surface area (Å²) in [5, 5.41) is 3.23. The van der Waals surface area contributed by atoms with Gasteiger partial charge in [-0.2, -0.15) is 0 Å². The van der Waals surface area contributed by atoms with E-state index in [4.69, 9.17) is 6.42 Å². The first-order chi connectivity index (χ1) is 6.84. The van der Waals surface area contributed by atoms with E-state index >= 15 is 0 Å². The van der Waals surface area contributed by atoms with Crippen LogP contribution in [0.5, 0.6) is 0 Å². The van der Waals surface area contributed by atoms with Gasteiger partial charge in [-0.1, -0.05) is 25.2 Å². The highest BCUT2D eigenvalue weighted by Gasteiger charge is 2.16. The normalized spacial score (nSPS) is 18.4. The quantitative estimate of drug-likeness (QED) is 0.527. The molecule has 0 atom stereocenters. The smallest absolute Gasteiger partial charge is 0.0574 e. The van der Waals surface area contributed by atoms with Crippen molar-refractivity contribution in [2.24, 2.45) is 0 Å². The lowest BCUT2D eigenvalue weighted by atomic mass is 9.94. The summed E-state index contributed by atoms with van der Waals surface area (Å²) in [6, 6.07) is 0.816. The average molecular weight is 194 g/mol. The van der Waals surface area contributed by atoms with Gasteiger partial charge in [-0.25, -0.2) is 0 Å². The molecule has 2 heteroatoms. The highest BCUT2D eigenvalue weighted by Crippen LogP contribution is 2.20. The summed E-state index contributed by atoms with van der Waals surface area (Å²) < 4.78 is 0. The molecule has 0 aromatic carbocycles. The Bertz CT molecular complexity index is 177. The van der Waals surface area contributed by atoms with Crippen molar-refractivity contribution in [3.05, 3.63) is 0 Å². The van der Waals surface area contributed by atoms with Gasteiger partial charge in [-0.15, -0.1) is 6.42 Å². The molecule has 1 fully saturated rings. The summed E-state index contributed by atoms with van der Waals surface area (Å²) in [4.78, 5) is 2.47. The zero-order chi connectivity index (χ0) is 10.2. The minimum Gasteiger partial charge on any atom is -0.305 e. The molecule has 1 N–H and O–H groups in total. The first-order valence-corrected chi connectivity index (χ1v) is 5.69. The molecule has 1 aliphatic rings. The van der Waals surface area contributed by atoms with Gasteiger partial charge in [-0.05, 0) is 19.9 Å². The standard InChI is InChI=1S/C12H22N2/c1-3-9-13-10-11-14(2)12-7-5-4-6-8-12/h1,12-13H,4-11H2,2H3. The van der Waals surface area contributed by atoms with Gasteiger partial charge in [0.15, 0.2) is 0 Å². The molecule has 0 amide bonds. The second-order valence-corrected chi connectivity index (χ2v) is 4.15. The molecular formula is C12H22N2. The van der Waals surface area contributed by atoms with Crippen LogP contribution in [0.15, 0.2) is 0 Å². The molecule has 1 rings (SSSR count). The van der Waals surface area contributed by atoms with Crippen LogP contribution < -0.4 is 5.32 Å². The van der Waals surface area contributed by atoms with E-state index in [1.54, 1.807) is 0 Å². The van der Waals surface area contributed by atoms with Gasteiger partial charge in [-0.3, -0.25) is 0 Å². The summed E-state index contributed by atoms with van der Waals surface area (Å²) in [6.45, 7) is 2.82. The van der Waals surface area contributed by atoms with Crippen molar-refractivity contribution in [3.63, 3.8) is 0 Å². The number of nitrogens with zero attached hydrogens (tertiary/aromatic N) is 1. The summed E-state index contributed by atoms with van der Waals surface area (Å²) >= 11 is 0. The van der Waals surface area contributed by atoms with Crippen LogP contribution in [0.2, 0.25) is 0 Å². The van der Waals surface area contributed by atoms with Crippen LogP contribution in [0.3, 0.4) is 0 Å². The molecule has 2 nitrogen and oxygen atoms in total. The van der Waals surface area contributed by atoms with E-state index < -0.39 is 0 Å². The van der Waals surface area contributed by atoms with Crippen molar-refractivity contribution in [2.45, 2.75) is 38.1 Å². The van der Waals surface area contributed by atoms with E-state index in [9.17, 15) is 0 Å². The number of hydrogen-bond acceptors (Lipinski definition) is 2. The van der Waals surface area contributed by atoms with Gasteiger partial charge in [0.1, 0.15) is 0 Å². The summed E-state index contributed by atoms with van der Waals surface area (Å²) in [5.41, 5.74) is 0. The van der Waals surface area contributed by atoms with Crippen LogP contribution in [0.25, 0.3) is 0 Å². The molecule has 0 spiro atoms. The Morgan fingerprint density at radius 3 is 2.71 bits per heavy atom. The fourth-order valence-corrected chi connectivity index (χ4v) is 2.12. The van der Waals surface area contributed by atoms with Crippen LogP contribution in [-0.2, 0) is 0 Å². The van der Waals surface area contributed by atoms with Gasteiger partial charge in [0.25, 0.3) is 0 Å². The minimum atomic E-state index is 0.693. The molecule has 0 unspecified atom stereocenters. The Hall–Kier alpha value is -0.520. The minimum absolute atomic E-state index is 0.693. The second kappa shape index (κ2) is 6.86. The highest BCUT2D eigenvalue weighted by molar-refractivity contribution is 4.86. The Kier molecular flexibility index (Phi) is 5.66. The highest BCUT2D eigenvalue weighted by atomic mass is 15.1. The lowest BCUT2D eigenvalue weighted by Gasteiger charge is -2.31. The number of terminal acetylenes is 1. The van der Waals surface area contributed by atoms with Crippen molar-refractivity contribution in [1.82, 2.24) is 10.2 Å². The number of hydrogen-bond donors (Lipinski definition) is 1. The van der Waals surface area contributed by atoms with E-state index in [1.807, 2.05) is 0 Å². The fourth-order valence-electron chi connectivity index (χ4n) is 2.12. The van der Waals surface area contributed by atoms with Gasteiger partial charge in [0.2, 0.25) is 0 Å². The molecule has 1 aliphatic carbocycles. The summed E-state index contributed by atoms with van der Waals surface area (Å²) in [6.07, 6.45) is 12.2. The molecule has 80 valence electrons. The molecular weight excluding hydrogens is 172 g/mol. The van der Waals surface area contributed by atoms with Gasteiger partial charge in [0.05, 0.1) is 6.54 Å². The molecule has 0 aromatic heterocycles. The zero-order valence-electron chi connectivity index (χ0n) is 9.26. The predicted molar refractivity (Wildman–Crippen MR) is 61.2 cm³/mol. The maximum Gasteiger partial charge on any atom is 0.0574 e. The van der Waals surface area contributed by atoms with Crippen LogP contribution in [-0.4, -0.2) is 37.6 Å². The topological polar surface area (TPSA) is 15.3 Å². The van der Waals surface area contributed by atoms with E-state index in [2.05, 4.69) is 23.2 Å². The number of nitrogens with one attached hydrogen (secondary N) is 1. The second-order valence-electron chi connectivity index (χ2n) is 4.15. The number of likely N-dealkylation sites (N-methyl/N-ethyl adjacent to an activating group) is 1.